The van der Waals surface area contributed by atoms with Crippen LogP contribution in [0.25, 0.3) is 0 Å². The minimum absolute atomic E-state index is 0.0851. The zero-order valence-corrected chi connectivity index (χ0v) is 14.8. The molecule has 0 aromatic carbocycles. The number of unbranched alkanes of at least 4 members (excludes halogenated alkanes) is 9. The first-order chi connectivity index (χ1) is 10.7. The quantitative estimate of drug-likeness (QED) is 0.254. The highest BCUT2D eigenvalue weighted by molar-refractivity contribution is 7.99. The number of carbonyl (C=O) groups excluding carboxylic acids is 1. The zero-order chi connectivity index (χ0) is 16.2. The Balaban J connectivity index is 2.01. The molecule has 0 fully saturated rings. The molecule has 5 nitrogen and oxygen atoms in total. The Labute approximate surface area is 138 Å². The van der Waals surface area contributed by atoms with Crippen molar-refractivity contribution in [2.24, 2.45) is 0 Å². The average Bonchev–Trinajstić information content (AvgIpc) is 2.86. The number of rotatable bonds is 13. The lowest BCUT2D eigenvalue weighted by molar-refractivity contribution is 0.100. The number of nitrogens with two attached hydrogens (primary N) is 1. The summed E-state index contributed by atoms with van der Waals surface area (Å²) in [6, 6.07) is 0. The van der Waals surface area contributed by atoms with E-state index in [2.05, 4.69) is 17.2 Å². The van der Waals surface area contributed by atoms with Gasteiger partial charge in [0.15, 0.2) is 16.5 Å². The highest BCUT2D eigenvalue weighted by Crippen LogP contribution is 2.21. The lowest BCUT2D eigenvalue weighted by Gasteiger charge is -2.02. The van der Waals surface area contributed by atoms with Crippen LogP contribution in [0.15, 0.2) is 5.03 Å². The summed E-state index contributed by atoms with van der Waals surface area (Å²) in [5, 5.41) is 8.32. The van der Waals surface area contributed by atoms with Gasteiger partial charge >= 0.3 is 0 Å². The van der Waals surface area contributed by atoms with Crippen molar-refractivity contribution in [1.82, 2.24) is 15.1 Å². The maximum atomic E-state index is 11.5. The van der Waals surface area contributed by atoms with Crippen molar-refractivity contribution >= 4 is 17.5 Å². The molecule has 1 aromatic heterocycles. The van der Waals surface area contributed by atoms with Gasteiger partial charge in [-0.3, -0.25) is 4.79 Å². The monoisotopic (exact) mass is 326 g/mol. The summed E-state index contributed by atoms with van der Waals surface area (Å²) in [7, 11) is 0. The summed E-state index contributed by atoms with van der Waals surface area (Å²) in [6.07, 6.45) is 13.3. The molecule has 0 saturated heterocycles. The highest BCUT2D eigenvalue weighted by Gasteiger charge is 2.15. The Morgan fingerprint density at radius 1 is 1.05 bits per heavy atom. The number of ketones is 1. The Kier molecular flexibility index (Phi) is 9.95. The molecular weight excluding hydrogens is 296 g/mol. The normalized spacial score (nSPS) is 11.0. The standard InChI is InChI=1S/C16H30N4OS/c1-3-4-5-6-7-8-9-10-11-12-13-22-16-15(14(2)21)20(17)19-18-16/h3-13,17H2,1-2H3. The molecular formula is C16H30N4OS. The number of hydrogen-bond donors (Lipinski definition) is 1. The van der Waals surface area contributed by atoms with Gasteiger partial charge in [0, 0.05) is 6.92 Å². The summed E-state index contributed by atoms with van der Waals surface area (Å²) >= 11 is 1.58. The second kappa shape index (κ2) is 11.5. The average molecular weight is 327 g/mol. The third-order valence-corrected chi connectivity index (χ3v) is 4.77. The van der Waals surface area contributed by atoms with Gasteiger partial charge in [0.05, 0.1) is 0 Å². The number of nitrogens with zero attached hydrogens (tertiary/aromatic N) is 3. The summed E-state index contributed by atoms with van der Waals surface area (Å²) in [5.74, 6) is 6.46. The van der Waals surface area contributed by atoms with Gasteiger partial charge < -0.3 is 5.84 Å². The maximum Gasteiger partial charge on any atom is 0.182 e. The fourth-order valence-corrected chi connectivity index (χ4v) is 3.46. The predicted octanol–water partition coefficient (Wildman–Crippen LogP) is 4.21. The Morgan fingerprint density at radius 2 is 1.59 bits per heavy atom. The van der Waals surface area contributed by atoms with Crippen LogP contribution in [0, 0.1) is 0 Å². The van der Waals surface area contributed by atoms with Crippen LogP contribution in [-0.4, -0.2) is 26.6 Å². The van der Waals surface area contributed by atoms with E-state index in [1.807, 2.05) is 0 Å². The van der Waals surface area contributed by atoms with Crippen molar-refractivity contribution in [3.05, 3.63) is 5.69 Å². The van der Waals surface area contributed by atoms with E-state index < -0.39 is 0 Å². The van der Waals surface area contributed by atoms with Crippen LogP contribution in [0.5, 0.6) is 0 Å². The molecule has 0 saturated carbocycles. The van der Waals surface area contributed by atoms with Crippen molar-refractivity contribution < 1.29 is 4.79 Å². The minimum Gasteiger partial charge on any atom is -0.321 e. The molecule has 0 atom stereocenters. The number of aromatic nitrogens is 3. The van der Waals surface area contributed by atoms with E-state index >= 15 is 0 Å². The van der Waals surface area contributed by atoms with Crippen LogP contribution in [0.4, 0.5) is 0 Å². The molecule has 0 aliphatic carbocycles. The van der Waals surface area contributed by atoms with Gasteiger partial charge in [0.1, 0.15) is 0 Å². The Morgan fingerprint density at radius 3 is 2.14 bits per heavy atom. The fourth-order valence-electron chi connectivity index (χ4n) is 2.45. The summed E-state index contributed by atoms with van der Waals surface area (Å²) in [5.41, 5.74) is 0.414. The molecule has 0 aliphatic rings. The summed E-state index contributed by atoms with van der Waals surface area (Å²) < 4.78 is 0. The van der Waals surface area contributed by atoms with Crippen molar-refractivity contribution in [3.63, 3.8) is 0 Å². The summed E-state index contributed by atoms with van der Waals surface area (Å²) in [6.45, 7) is 3.75. The van der Waals surface area contributed by atoms with Crippen LogP contribution in [0.1, 0.15) is 88.5 Å². The van der Waals surface area contributed by atoms with Gasteiger partial charge in [-0.05, 0) is 17.4 Å². The molecule has 1 heterocycles. The van der Waals surface area contributed by atoms with Crippen LogP contribution < -0.4 is 5.84 Å². The second-order valence-electron chi connectivity index (χ2n) is 5.77. The summed E-state index contributed by atoms with van der Waals surface area (Å²) in [4.78, 5) is 12.5. The largest absolute Gasteiger partial charge is 0.321 e. The maximum absolute atomic E-state index is 11.5. The first-order valence-electron chi connectivity index (χ1n) is 8.51. The van der Waals surface area contributed by atoms with E-state index in [-0.39, 0.29) is 5.78 Å². The molecule has 2 N–H and O–H groups in total. The van der Waals surface area contributed by atoms with Gasteiger partial charge in [-0.2, -0.15) is 4.79 Å². The number of thioether (sulfide) groups is 1. The van der Waals surface area contributed by atoms with Crippen molar-refractivity contribution in [2.45, 2.75) is 83.1 Å². The molecule has 22 heavy (non-hydrogen) atoms. The lowest BCUT2D eigenvalue weighted by Crippen LogP contribution is -2.16. The van der Waals surface area contributed by atoms with Crippen LogP contribution in [-0.2, 0) is 0 Å². The van der Waals surface area contributed by atoms with Gasteiger partial charge in [0.2, 0.25) is 0 Å². The predicted molar refractivity (Wildman–Crippen MR) is 92.7 cm³/mol. The van der Waals surface area contributed by atoms with Crippen molar-refractivity contribution in [3.8, 4) is 0 Å². The van der Waals surface area contributed by atoms with E-state index in [1.165, 1.54) is 64.7 Å². The van der Waals surface area contributed by atoms with E-state index in [0.717, 1.165) is 17.0 Å². The first-order valence-corrected chi connectivity index (χ1v) is 9.50. The van der Waals surface area contributed by atoms with Crippen LogP contribution in [0.2, 0.25) is 0 Å². The molecule has 6 heteroatoms. The third kappa shape index (κ3) is 7.29. The van der Waals surface area contributed by atoms with Gasteiger partial charge in [-0.25, -0.2) is 0 Å². The second-order valence-corrected chi connectivity index (χ2v) is 6.86. The van der Waals surface area contributed by atoms with Crippen LogP contribution >= 0.6 is 11.8 Å². The molecule has 1 aromatic rings. The van der Waals surface area contributed by atoms with Crippen molar-refractivity contribution in [2.75, 3.05) is 11.6 Å². The van der Waals surface area contributed by atoms with Crippen molar-refractivity contribution in [1.29, 1.82) is 0 Å². The molecule has 0 spiro atoms. The number of hydrogen-bond acceptors (Lipinski definition) is 5. The van der Waals surface area contributed by atoms with E-state index in [1.54, 1.807) is 11.8 Å². The minimum atomic E-state index is -0.0851. The molecule has 126 valence electrons. The molecule has 1 rings (SSSR count). The lowest BCUT2D eigenvalue weighted by atomic mass is 10.1. The highest BCUT2D eigenvalue weighted by atomic mass is 32.2. The van der Waals surface area contributed by atoms with Gasteiger partial charge in [0.25, 0.3) is 0 Å². The molecule has 0 unspecified atom stereocenters. The first kappa shape index (κ1) is 19.0. The zero-order valence-electron chi connectivity index (χ0n) is 14.0. The SMILES string of the molecule is CCCCCCCCCCCCSc1nnn(N)c1C(C)=O. The number of Topliss-reactive ketones (excluding diaryl/α,β-unsaturated/α-hetero) is 1. The number of carbonyl (C=O) groups is 1. The van der Waals surface area contributed by atoms with E-state index in [0.29, 0.717) is 10.7 Å². The van der Waals surface area contributed by atoms with Crippen LogP contribution in [0.3, 0.4) is 0 Å². The van der Waals surface area contributed by atoms with E-state index in [9.17, 15) is 4.79 Å². The molecule has 0 amide bonds. The van der Waals surface area contributed by atoms with Gasteiger partial charge in [-0.15, -0.1) is 16.9 Å². The fraction of sp³-hybridized carbons (Fsp3) is 0.812. The van der Waals surface area contributed by atoms with E-state index in [4.69, 9.17) is 5.84 Å². The van der Waals surface area contributed by atoms with Gasteiger partial charge in [-0.1, -0.05) is 64.7 Å². The molecule has 0 aliphatic heterocycles. The Bertz CT molecular complexity index is 434. The topological polar surface area (TPSA) is 73.8 Å². The molecule has 0 radical (unpaired) electrons. The number of nitrogen functional groups attached to an aromatic ring is 1. The molecule has 0 bridgehead atoms. The Hall–Kier alpha value is -1.04. The third-order valence-electron chi connectivity index (χ3n) is 3.73. The smallest absolute Gasteiger partial charge is 0.182 e.